The van der Waals surface area contributed by atoms with E-state index in [2.05, 4.69) is 5.32 Å². The van der Waals surface area contributed by atoms with E-state index in [-0.39, 0.29) is 31.2 Å². The fourth-order valence-corrected chi connectivity index (χ4v) is 4.78. The Labute approximate surface area is 186 Å². The zero-order chi connectivity index (χ0) is 23.3. The quantitative estimate of drug-likeness (QED) is 0.632. The summed E-state index contributed by atoms with van der Waals surface area (Å²) in [6, 6.07) is 8.52. The van der Waals surface area contributed by atoms with E-state index in [1.54, 1.807) is 0 Å². The maximum absolute atomic E-state index is 14.2. The summed E-state index contributed by atoms with van der Waals surface area (Å²) < 4.78 is 51.1. The molecule has 0 spiro atoms. The molecule has 1 amide bonds. The first kappa shape index (κ1) is 23.8. The van der Waals surface area contributed by atoms with Gasteiger partial charge in [0.2, 0.25) is 10.0 Å². The van der Waals surface area contributed by atoms with Crippen LogP contribution in [-0.2, 0) is 30.7 Å². The standard InChI is InChI=1S/C22H25FN2O6S/c1-3-16-6-4-5-15(2)21(16)24-20(26)14-31-22(27)18-13-17(7-8-19(18)23)32(28,29)25-9-11-30-12-10-25/h4-8,13H,3,9-12,14H2,1-2H3,(H,24,26). The van der Waals surface area contributed by atoms with Gasteiger partial charge in [-0.1, -0.05) is 25.1 Å². The Bertz CT molecular complexity index is 1110. The van der Waals surface area contributed by atoms with Gasteiger partial charge in [-0.15, -0.1) is 0 Å². The molecule has 1 aliphatic rings. The first-order valence-corrected chi connectivity index (χ1v) is 11.6. The van der Waals surface area contributed by atoms with E-state index >= 15 is 0 Å². The molecule has 1 saturated heterocycles. The van der Waals surface area contributed by atoms with E-state index in [1.165, 1.54) is 4.31 Å². The van der Waals surface area contributed by atoms with Crippen LogP contribution in [0.15, 0.2) is 41.3 Å². The molecule has 3 rings (SSSR count). The lowest BCUT2D eigenvalue weighted by Gasteiger charge is -2.26. The van der Waals surface area contributed by atoms with Crippen LogP contribution in [0.1, 0.15) is 28.4 Å². The van der Waals surface area contributed by atoms with Crippen molar-refractivity contribution in [3.63, 3.8) is 0 Å². The molecule has 1 heterocycles. The molecule has 0 bridgehead atoms. The Morgan fingerprint density at radius 2 is 1.91 bits per heavy atom. The summed E-state index contributed by atoms with van der Waals surface area (Å²) in [5.41, 5.74) is 1.87. The number of carbonyl (C=O) groups is 2. The Hall–Kier alpha value is -2.82. The molecule has 0 atom stereocenters. The number of anilines is 1. The van der Waals surface area contributed by atoms with Gasteiger partial charge in [0.1, 0.15) is 5.82 Å². The lowest BCUT2D eigenvalue weighted by molar-refractivity contribution is -0.119. The number of morpholine rings is 1. The molecule has 8 nitrogen and oxygen atoms in total. The van der Waals surface area contributed by atoms with E-state index in [4.69, 9.17) is 9.47 Å². The number of nitrogens with zero attached hydrogens (tertiary/aromatic N) is 1. The molecule has 2 aromatic rings. The molecule has 2 aromatic carbocycles. The van der Waals surface area contributed by atoms with E-state index in [0.717, 1.165) is 29.3 Å². The van der Waals surface area contributed by atoms with E-state index in [1.807, 2.05) is 32.0 Å². The van der Waals surface area contributed by atoms with Crippen LogP contribution in [0.3, 0.4) is 0 Å². The lowest BCUT2D eigenvalue weighted by atomic mass is 10.1. The summed E-state index contributed by atoms with van der Waals surface area (Å²) in [7, 11) is -3.92. The predicted molar refractivity (Wildman–Crippen MR) is 115 cm³/mol. The molecule has 10 heteroatoms. The van der Waals surface area contributed by atoms with Crippen LogP contribution in [-0.4, -0.2) is 57.5 Å². The average molecular weight is 465 g/mol. The maximum Gasteiger partial charge on any atom is 0.341 e. The van der Waals surface area contributed by atoms with Crippen molar-refractivity contribution in [3.05, 3.63) is 58.9 Å². The number of aryl methyl sites for hydroxylation is 2. The summed E-state index contributed by atoms with van der Waals surface area (Å²) in [6.07, 6.45) is 0.701. The molecule has 0 aromatic heterocycles. The fourth-order valence-electron chi connectivity index (χ4n) is 3.34. The molecule has 0 saturated carbocycles. The molecule has 32 heavy (non-hydrogen) atoms. The number of halogens is 1. The molecule has 172 valence electrons. The number of nitrogens with one attached hydrogen (secondary N) is 1. The molecule has 0 radical (unpaired) electrons. The number of para-hydroxylation sites is 1. The van der Waals surface area contributed by atoms with Gasteiger partial charge in [-0.25, -0.2) is 17.6 Å². The minimum Gasteiger partial charge on any atom is -0.452 e. The number of benzene rings is 2. The van der Waals surface area contributed by atoms with Crippen molar-refractivity contribution in [1.29, 1.82) is 0 Å². The van der Waals surface area contributed by atoms with Crippen molar-refractivity contribution in [3.8, 4) is 0 Å². The van der Waals surface area contributed by atoms with Crippen LogP contribution >= 0.6 is 0 Å². The zero-order valence-corrected chi connectivity index (χ0v) is 18.7. The third-order valence-electron chi connectivity index (χ3n) is 5.10. The second kappa shape index (κ2) is 10.2. The molecular weight excluding hydrogens is 439 g/mol. The maximum atomic E-state index is 14.2. The van der Waals surface area contributed by atoms with Crippen LogP contribution in [0.4, 0.5) is 10.1 Å². The minimum absolute atomic E-state index is 0.165. The second-order valence-electron chi connectivity index (χ2n) is 7.25. The summed E-state index contributed by atoms with van der Waals surface area (Å²) in [6.45, 7) is 3.99. The summed E-state index contributed by atoms with van der Waals surface area (Å²) in [4.78, 5) is 24.5. The molecule has 1 aliphatic heterocycles. The summed E-state index contributed by atoms with van der Waals surface area (Å²) >= 11 is 0. The Morgan fingerprint density at radius 3 is 2.59 bits per heavy atom. The molecule has 1 N–H and O–H groups in total. The number of hydrogen-bond donors (Lipinski definition) is 1. The van der Waals surface area contributed by atoms with Crippen molar-refractivity contribution in [2.24, 2.45) is 0 Å². The first-order valence-electron chi connectivity index (χ1n) is 10.2. The number of sulfonamides is 1. The van der Waals surface area contributed by atoms with Crippen molar-refractivity contribution in [1.82, 2.24) is 4.31 Å². The average Bonchev–Trinajstić information content (AvgIpc) is 2.79. The van der Waals surface area contributed by atoms with Crippen LogP contribution in [0.5, 0.6) is 0 Å². The van der Waals surface area contributed by atoms with Gasteiger partial charge in [-0.2, -0.15) is 4.31 Å². The van der Waals surface area contributed by atoms with Crippen LogP contribution in [0.2, 0.25) is 0 Å². The number of esters is 1. The Morgan fingerprint density at radius 1 is 1.19 bits per heavy atom. The Kier molecular flexibility index (Phi) is 7.60. The predicted octanol–water partition coefficient (Wildman–Crippen LogP) is 2.51. The van der Waals surface area contributed by atoms with Gasteiger partial charge in [0, 0.05) is 18.8 Å². The summed E-state index contributed by atoms with van der Waals surface area (Å²) in [5.74, 6) is -2.65. The highest BCUT2D eigenvalue weighted by molar-refractivity contribution is 7.89. The van der Waals surface area contributed by atoms with Gasteiger partial charge >= 0.3 is 5.97 Å². The van der Waals surface area contributed by atoms with Crippen LogP contribution < -0.4 is 5.32 Å². The monoisotopic (exact) mass is 464 g/mol. The largest absolute Gasteiger partial charge is 0.452 e. The van der Waals surface area contributed by atoms with E-state index in [9.17, 15) is 22.4 Å². The third kappa shape index (κ3) is 5.32. The molecular formula is C22H25FN2O6S. The smallest absolute Gasteiger partial charge is 0.341 e. The highest BCUT2D eigenvalue weighted by atomic mass is 32.2. The second-order valence-corrected chi connectivity index (χ2v) is 9.18. The SMILES string of the molecule is CCc1cccc(C)c1NC(=O)COC(=O)c1cc(S(=O)(=O)N2CCOCC2)ccc1F. The third-order valence-corrected chi connectivity index (χ3v) is 7.00. The molecule has 0 unspecified atom stereocenters. The van der Waals surface area contributed by atoms with Crippen molar-refractivity contribution < 1.29 is 31.9 Å². The van der Waals surface area contributed by atoms with Crippen LogP contribution in [0.25, 0.3) is 0 Å². The number of rotatable bonds is 7. The lowest BCUT2D eigenvalue weighted by Crippen LogP contribution is -2.40. The van der Waals surface area contributed by atoms with Gasteiger partial charge < -0.3 is 14.8 Å². The minimum atomic E-state index is -3.92. The number of carbonyl (C=O) groups excluding carboxylic acids is 2. The number of ether oxygens (including phenoxy) is 2. The van der Waals surface area contributed by atoms with E-state index < -0.39 is 39.9 Å². The topological polar surface area (TPSA) is 102 Å². The zero-order valence-electron chi connectivity index (χ0n) is 17.9. The fraction of sp³-hybridized carbons (Fsp3) is 0.364. The van der Waals surface area contributed by atoms with Crippen molar-refractivity contribution in [2.45, 2.75) is 25.2 Å². The van der Waals surface area contributed by atoms with Crippen LogP contribution in [0, 0.1) is 12.7 Å². The van der Waals surface area contributed by atoms with Gasteiger partial charge in [0.15, 0.2) is 6.61 Å². The highest BCUT2D eigenvalue weighted by Gasteiger charge is 2.28. The number of amides is 1. The highest BCUT2D eigenvalue weighted by Crippen LogP contribution is 2.22. The van der Waals surface area contributed by atoms with Crippen molar-refractivity contribution in [2.75, 3.05) is 38.2 Å². The molecule has 1 fully saturated rings. The normalized spacial score (nSPS) is 14.7. The number of hydrogen-bond acceptors (Lipinski definition) is 6. The first-order chi connectivity index (χ1) is 15.2. The van der Waals surface area contributed by atoms with Gasteiger partial charge in [0.25, 0.3) is 5.91 Å². The Balaban J connectivity index is 1.70. The molecule has 0 aliphatic carbocycles. The van der Waals surface area contributed by atoms with E-state index in [0.29, 0.717) is 12.1 Å². The van der Waals surface area contributed by atoms with Gasteiger partial charge in [-0.3, -0.25) is 4.79 Å². The summed E-state index contributed by atoms with van der Waals surface area (Å²) in [5, 5.41) is 2.71. The van der Waals surface area contributed by atoms with Crippen molar-refractivity contribution >= 4 is 27.6 Å². The van der Waals surface area contributed by atoms with Gasteiger partial charge in [0.05, 0.1) is 23.7 Å². The van der Waals surface area contributed by atoms with Gasteiger partial charge in [-0.05, 0) is 42.7 Å².